The molecule has 3 heterocycles. The Hall–Kier alpha value is -4.26. The van der Waals surface area contributed by atoms with E-state index in [9.17, 15) is 22.4 Å². The van der Waals surface area contributed by atoms with Crippen molar-refractivity contribution in [3.05, 3.63) is 77.4 Å². The average Bonchev–Trinajstić information content (AvgIpc) is 3.31. The smallest absolute Gasteiger partial charge is 0.410 e. The maximum absolute atomic E-state index is 14.8. The van der Waals surface area contributed by atoms with Crippen molar-refractivity contribution in [2.75, 3.05) is 18.4 Å². The Bertz CT molecular complexity index is 1750. The molecule has 1 aromatic carbocycles. The van der Waals surface area contributed by atoms with Crippen LogP contribution in [-0.4, -0.2) is 59.5 Å². The number of nitrogens with one attached hydrogen (secondary N) is 2. The van der Waals surface area contributed by atoms with Crippen molar-refractivity contribution in [1.82, 2.24) is 19.6 Å². The second kappa shape index (κ2) is 14.7. The van der Waals surface area contributed by atoms with Gasteiger partial charge in [-0.15, -0.1) is 0 Å². The molecule has 4 rings (SSSR count). The Kier molecular flexibility index (Phi) is 11.3. The number of benzene rings is 1. The van der Waals surface area contributed by atoms with E-state index in [0.29, 0.717) is 18.8 Å². The fourth-order valence-corrected chi connectivity index (χ4v) is 6.56. The number of sulfonamides is 1. The number of pyridine rings is 2. The van der Waals surface area contributed by atoms with Gasteiger partial charge in [-0.1, -0.05) is 51.1 Å². The molecule has 0 spiro atoms. The van der Waals surface area contributed by atoms with Gasteiger partial charge in [0.2, 0.25) is 5.95 Å². The van der Waals surface area contributed by atoms with E-state index >= 15 is 0 Å². The molecule has 0 saturated carbocycles. The molecule has 1 fully saturated rings. The number of likely N-dealkylation sites (tertiary alicyclic amines) is 1. The van der Waals surface area contributed by atoms with E-state index in [0.717, 1.165) is 24.8 Å². The monoisotopic (exact) mass is 697 g/mol. The van der Waals surface area contributed by atoms with E-state index in [-0.39, 0.29) is 35.7 Å². The highest BCUT2D eigenvalue weighted by atomic mass is 32.2. The highest BCUT2D eigenvalue weighted by molar-refractivity contribution is 7.90. The Morgan fingerprint density at radius 2 is 1.71 bits per heavy atom. The Labute approximate surface area is 289 Å². The van der Waals surface area contributed by atoms with Crippen LogP contribution in [0, 0.1) is 11.9 Å². The highest BCUT2D eigenvalue weighted by Crippen LogP contribution is 2.36. The topological polar surface area (TPSA) is 140 Å². The highest BCUT2D eigenvalue weighted by Gasteiger charge is 2.42. The van der Waals surface area contributed by atoms with Crippen LogP contribution in [0.2, 0.25) is 0 Å². The first-order valence-electron chi connectivity index (χ1n) is 16.4. The fourth-order valence-electron chi connectivity index (χ4n) is 5.61. The second-order valence-corrected chi connectivity index (χ2v) is 16.7. The molecule has 1 atom stereocenters. The van der Waals surface area contributed by atoms with Gasteiger partial charge in [0.05, 0.1) is 5.56 Å². The lowest BCUT2D eigenvalue weighted by Gasteiger charge is -2.33. The van der Waals surface area contributed by atoms with Crippen molar-refractivity contribution < 1.29 is 31.9 Å². The van der Waals surface area contributed by atoms with Gasteiger partial charge < -0.3 is 19.7 Å². The largest absolute Gasteiger partial charge is 0.489 e. The van der Waals surface area contributed by atoms with Crippen molar-refractivity contribution in [3.8, 4) is 5.75 Å². The maximum Gasteiger partial charge on any atom is 0.410 e. The second-order valence-electron chi connectivity index (χ2n) is 15.1. The number of ether oxygens (including phenoxy) is 2. The van der Waals surface area contributed by atoms with Gasteiger partial charge in [-0.3, -0.25) is 4.79 Å². The molecule has 2 amide bonds. The summed E-state index contributed by atoms with van der Waals surface area (Å²) in [6.45, 7) is 16.4. The minimum absolute atomic E-state index is 0.165. The van der Waals surface area contributed by atoms with Crippen LogP contribution in [0.15, 0.2) is 59.6 Å². The third-order valence-electron chi connectivity index (χ3n) is 8.06. The van der Waals surface area contributed by atoms with Crippen LogP contribution in [0.1, 0.15) is 96.3 Å². The van der Waals surface area contributed by atoms with Crippen LogP contribution < -0.4 is 14.8 Å². The fraction of sp³-hybridized carbons (Fsp3) is 0.500. The number of carbonyl (C=O) groups is 2. The first-order chi connectivity index (χ1) is 22.7. The van der Waals surface area contributed by atoms with Gasteiger partial charge in [0.1, 0.15) is 23.8 Å². The lowest BCUT2D eigenvalue weighted by molar-refractivity contribution is 0.0130. The summed E-state index contributed by atoms with van der Waals surface area (Å²) in [5.41, 5.74) is -0.610. The normalized spacial score (nSPS) is 16.3. The van der Waals surface area contributed by atoms with Gasteiger partial charge in [0.15, 0.2) is 5.03 Å². The van der Waals surface area contributed by atoms with Crippen molar-refractivity contribution in [1.29, 1.82) is 0 Å². The molecule has 11 nitrogen and oxygen atoms in total. The van der Waals surface area contributed by atoms with Gasteiger partial charge in [-0.25, -0.2) is 19.5 Å². The molecular formula is C36H48FN5O6S. The first kappa shape index (κ1) is 37.6. The quantitative estimate of drug-likeness (QED) is 0.163. The van der Waals surface area contributed by atoms with Crippen LogP contribution in [0.25, 0.3) is 0 Å². The summed E-state index contributed by atoms with van der Waals surface area (Å²) in [6, 6.07) is 14.9. The molecule has 0 radical (unpaired) electrons. The van der Waals surface area contributed by atoms with Gasteiger partial charge in [0, 0.05) is 41.9 Å². The molecular weight excluding hydrogens is 649 g/mol. The number of nitrogens with zero attached hydrogens (tertiary/aromatic N) is 3. The number of amides is 2. The number of hydrogen-bond donors (Lipinski definition) is 2. The maximum atomic E-state index is 14.8. The van der Waals surface area contributed by atoms with Gasteiger partial charge in [-0.2, -0.15) is 12.8 Å². The van der Waals surface area contributed by atoms with Crippen LogP contribution >= 0.6 is 0 Å². The summed E-state index contributed by atoms with van der Waals surface area (Å²) in [6.07, 6.45) is 2.03. The average molecular weight is 698 g/mol. The first-order valence-corrected chi connectivity index (χ1v) is 17.9. The molecule has 2 aromatic heterocycles. The van der Waals surface area contributed by atoms with Crippen molar-refractivity contribution in [3.63, 3.8) is 0 Å². The molecule has 2 N–H and O–H groups in total. The van der Waals surface area contributed by atoms with Crippen LogP contribution in [0.5, 0.6) is 5.75 Å². The predicted molar refractivity (Wildman–Crippen MR) is 185 cm³/mol. The van der Waals surface area contributed by atoms with Crippen molar-refractivity contribution in [2.45, 2.75) is 103 Å². The third kappa shape index (κ3) is 10.4. The van der Waals surface area contributed by atoms with E-state index in [4.69, 9.17) is 9.47 Å². The number of rotatable bonds is 11. The molecule has 1 unspecified atom stereocenters. The zero-order valence-corrected chi connectivity index (χ0v) is 30.4. The predicted octanol–water partition coefficient (Wildman–Crippen LogP) is 6.84. The number of hydrogen-bond acceptors (Lipinski definition) is 9. The zero-order chi connectivity index (χ0) is 36.2. The number of anilines is 1. The standard InChI is InChI=1S/C36H48FN5O6S/c1-34(2,3)28-17-16-27(31(37)39-28)32(43)41-49(45,46)30-20-26(47-23-24-13-10-9-11-14-24)19-29(40-30)38-18-12-15-25-21-36(7,8)42(22-25)33(44)48-35(4,5)6/h9-11,13-14,16-17,19-20,25H,12,15,18,21-23H2,1-8H3,(H,38,40)(H,41,43). The molecule has 0 aliphatic carbocycles. The van der Waals surface area contributed by atoms with Crippen molar-refractivity contribution >= 4 is 27.8 Å². The molecule has 13 heteroatoms. The number of carbonyl (C=O) groups excluding carboxylic acids is 2. The summed E-state index contributed by atoms with van der Waals surface area (Å²) < 4.78 is 55.1. The molecule has 1 aliphatic rings. The minimum atomic E-state index is -4.55. The van der Waals surface area contributed by atoms with E-state index in [2.05, 4.69) is 15.3 Å². The number of halogens is 1. The molecule has 3 aromatic rings. The summed E-state index contributed by atoms with van der Waals surface area (Å²) in [4.78, 5) is 35.7. The molecule has 1 saturated heterocycles. The summed E-state index contributed by atoms with van der Waals surface area (Å²) in [7, 11) is -4.55. The SMILES string of the molecule is CC(C)(C)OC(=O)N1CC(CCCNc2cc(OCc3ccccc3)cc(S(=O)(=O)NC(=O)c3ccc(C(C)(C)C)nc3F)n2)CC1(C)C. The Balaban J connectivity index is 1.46. The van der Waals surface area contributed by atoms with E-state index < -0.39 is 43.5 Å². The van der Waals surface area contributed by atoms with Crippen LogP contribution in [-0.2, 0) is 26.8 Å². The molecule has 49 heavy (non-hydrogen) atoms. The summed E-state index contributed by atoms with van der Waals surface area (Å²) >= 11 is 0. The summed E-state index contributed by atoms with van der Waals surface area (Å²) in [5.74, 6) is -1.55. The van der Waals surface area contributed by atoms with Gasteiger partial charge in [0.25, 0.3) is 15.9 Å². The molecule has 266 valence electrons. The van der Waals surface area contributed by atoms with Crippen LogP contribution in [0.4, 0.5) is 15.0 Å². The third-order valence-corrected chi connectivity index (χ3v) is 9.27. The lowest BCUT2D eigenvalue weighted by Crippen LogP contribution is -2.45. The van der Waals surface area contributed by atoms with Crippen LogP contribution in [0.3, 0.4) is 0 Å². The Morgan fingerprint density at radius 3 is 2.35 bits per heavy atom. The van der Waals surface area contributed by atoms with E-state index in [1.807, 2.05) is 90.4 Å². The molecule has 0 bridgehead atoms. The van der Waals surface area contributed by atoms with Gasteiger partial charge in [-0.05, 0) is 77.5 Å². The van der Waals surface area contributed by atoms with E-state index in [1.54, 1.807) is 11.0 Å². The van der Waals surface area contributed by atoms with Crippen molar-refractivity contribution in [2.24, 2.45) is 5.92 Å². The van der Waals surface area contributed by atoms with Gasteiger partial charge >= 0.3 is 6.09 Å². The zero-order valence-electron chi connectivity index (χ0n) is 29.6. The Morgan fingerprint density at radius 1 is 1.02 bits per heavy atom. The molecule has 1 aliphatic heterocycles. The minimum Gasteiger partial charge on any atom is -0.489 e. The summed E-state index contributed by atoms with van der Waals surface area (Å²) in [5, 5.41) is 2.70. The number of aromatic nitrogens is 2. The van der Waals surface area contributed by atoms with E-state index in [1.165, 1.54) is 18.2 Å². The lowest BCUT2D eigenvalue weighted by atomic mass is 9.91.